The minimum absolute atomic E-state index is 0.0704. The topological polar surface area (TPSA) is 148 Å². The van der Waals surface area contributed by atoms with Crippen LogP contribution in [0.15, 0.2) is 42.5 Å². The van der Waals surface area contributed by atoms with E-state index in [1.165, 1.54) is 0 Å². The first-order valence-corrected chi connectivity index (χ1v) is 11.2. The van der Waals surface area contributed by atoms with Crippen molar-refractivity contribution < 1.29 is 24.0 Å². The van der Waals surface area contributed by atoms with Crippen LogP contribution in [0.5, 0.6) is 0 Å². The van der Waals surface area contributed by atoms with Gasteiger partial charge in [0.1, 0.15) is 6.04 Å². The number of benzene rings is 2. The second kappa shape index (κ2) is 10.2. The number of amides is 6. The molecule has 1 atom stereocenters. The van der Waals surface area contributed by atoms with Crippen LogP contribution in [-0.2, 0) is 22.4 Å². The highest BCUT2D eigenvalue weighted by Gasteiger charge is 2.44. The normalized spacial score (nSPS) is 17.0. The average Bonchev–Trinajstić information content (AvgIpc) is 3.07. The van der Waals surface area contributed by atoms with E-state index in [4.69, 9.17) is 5.26 Å². The maximum absolute atomic E-state index is 12.9. The molecule has 178 valence electrons. The van der Waals surface area contributed by atoms with Crippen LogP contribution >= 0.6 is 0 Å². The van der Waals surface area contributed by atoms with Crippen molar-refractivity contribution in [2.45, 2.75) is 38.1 Å². The Morgan fingerprint density at radius 3 is 2.63 bits per heavy atom. The molecule has 2 aromatic carbocycles. The summed E-state index contributed by atoms with van der Waals surface area (Å²) in [5.41, 5.74) is 2.70. The van der Waals surface area contributed by atoms with Gasteiger partial charge in [-0.3, -0.25) is 29.4 Å². The Kier molecular flexibility index (Phi) is 6.87. The summed E-state index contributed by atoms with van der Waals surface area (Å²) in [4.78, 5) is 62.3. The molecule has 2 aliphatic rings. The third-order valence-corrected chi connectivity index (χ3v) is 5.90. The van der Waals surface area contributed by atoms with Gasteiger partial charge in [-0.1, -0.05) is 18.2 Å². The van der Waals surface area contributed by atoms with Crippen LogP contribution in [0.1, 0.15) is 51.1 Å². The average molecular weight is 473 g/mol. The maximum atomic E-state index is 12.9. The van der Waals surface area contributed by atoms with E-state index in [1.54, 1.807) is 36.4 Å². The molecule has 0 bridgehead atoms. The van der Waals surface area contributed by atoms with Gasteiger partial charge >= 0.3 is 6.03 Å². The molecule has 3 N–H and O–H groups in total. The van der Waals surface area contributed by atoms with Crippen LogP contribution in [0.25, 0.3) is 0 Å². The lowest BCUT2D eigenvalue weighted by molar-refractivity contribution is -0.136. The van der Waals surface area contributed by atoms with Gasteiger partial charge in [-0.15, -0.1) is 0 Å². The highest BCUT2D eigenvalue weighted by atomic mass is 16.2. The predicted octanol–water partition coefficient (Wildman–Crippen LogP) is 1.91. The molecule has 10 heteroatoms. The summed E-state index contributed by atoms with van der Waals surface area (Å²) in [7, 11) is 0. The number of nitrogens with one attached hydrogen (secondary N) is 3. The SMILES string of the molecule is N#CCc1cccc(NC(=O)NCCCc2ccc3c(c2)C(=O)N(C2CCC(=O)NC2=O)C3=O)c1. The van der Waals surface area contributed by atoms with Gasteiger partial charge in [-0.2, -0.15) is 5.26 Å². The van der Waals surface area contributed by atoms with Gasteiger partial charge in [-0.25, -0.2) is 4.79 Å². The number of imide groups is 2. The predicted molar refractivity (Wildman–Crippen MR) is 124 cm³/mol. The minimum atomic E-state index is -0.994. The Hall–Kier alpha value is -4.52. The molecule has 1 fully saturated rings. The summed E-state index contributed by atoms with van der Waals surface area (Å²) in [6.07, 6.45) is 1.60. The van der Waals surface area contributed by atoms with E-state index in [1.807, 2.05) is 6.07 Å². The third kappa shape index (κ3) is 5.19. The third-order valence-electron chi connectivity index (χ3n) is 5.90. The van der Waals surface area contributed by atoms with E-state index < -0.39 is 29.7 Å². The van der Waals surface area contributed by atoms with Crippen molar-refractivity contribution >= 4 is 35.3 Å². The van der Waals surface area contributed by atoms with Crippen molar-refractivity contribution in [3.8, 4) is 6.07 Å². The first-order valence-electron chi connectivity index (χ1n) is 11.2. The first-order chi connectivity index (χ1) is 16.9. The Balaban J connectivity index is 1.30. The molecule has 1 saturated heterocycles. The minimum Gasteiger partial charge on any atom is -0.338 e. The van der Waals surface area contributed by atoms with Gasteiger partial charge in [0.25, 0.3) is 11.8 Å². The molecule has 1 unspecified atom stereocenters. The largest absolute Gasteiger partial charge is 0.338 e. The van der Waals surface area contributed by atoms with Crippen LogP contribution in [0.2, 0.25) is 0 Å². The quantitative estimate of drug-likeness (QED) is 0.413. The number of rotatable bonds is 7. The van der Waals surface area contributed by atoms with Crippen molar-refractivity contribution in [2.75, 3.05) is 11.9 Å². The zero-order chi connectivity index (χ0) is 24.9. The summed E-state index contributed by atoms with van der Waals surface area (Å²) in [6, 6.07) is 12.7. The molecule has 0 radical (unpaired) electrons. The highest BCUT2D eigenvalue weighted by Crippen LogP contribution is 2.28. The lowest BCUT2D eigenvalue weighted by Gasteiger charge is -2.27. The molecule has 0 spiro atoms. The fourth-order valence-electron chi connectivity index (χ4n) is 4.19. The summed E-state index contributed by atoms with van der Waals surface area (Å²) < 4.78 is 0. The van der Waals surface area contributed by atoms with Gasteiger partial charge in [0.2, 0.25) is 11.8 Å². The molecule has 6 amide bonds. The fourth-order valence-corrected chi connectivity index (χ4v) is 4.19. The number of aryl methyl sites for hydroxylation is 1. The Labute approximate surface area is 201 Å². The number of hydrogen-bond donors (Lipinski definition) is 3. The van der Waals surface area contributed by atoms with Gasteiger partial charge in [0, 0.05) is 18.7 Å². The van der Waals surface area contributed by atoms with E-state index in [0.717, 1.165) is 16.0 Å². The van der Waals surface area contributed by atoms with E-state index in [2.05, 4.69) is 22.0 Å². The van der Waals surface area contributed by atoms with E-state index in [9.17, 15) is 24.0 Å². The Morgan fingerprint density at radius 2 is 1.86 bits per heavy atom. The van der Waals surface area contributed by atoms with Gasteiger partial charge in [0.05, 0.1) is 23.6 Å². The van der Waals surface area contributed by atoms with Gasteiger partial charge in [-0.05, 0) is 54.7 Å². The number of hydrogen-bond acceptors (Lipinski definition) is 6. The molecular formula is C25H23N5O5. The van der Waals surface area contributed by atoms with Crippen LogP contribution in [0.3, 0.4) is 0 Å². The molecule has 10 nitrogen and oxygen atoms in total. The summed E-state index contributed by atoms with van der Waals surface area (Å²) in [5, 5.41) is 16.5. The number of carbonyl (C=O) groups excluding carboxylic acids is 5. The van der Waals surface area contributed by atoms with E-state index in [0.29, 0.717) is 25.1 Å². The summed E-state index contributed by atoms with van der Waals surface area (Å²) >= 11 is 0. The lowest BCUT2D eigenvalue weighted by Crippen LogP contribution is -2.54. The van der Waals surface area contributed by atoms with Crippen LogP contribution in [-0.4, -0.2) is 47.1 Å². The number of piperidine rings is 1. The van der Waals surface area contributed by atoms with E-state index in [-0.39, 0.29) is 36.4 Å². The number of urea groups is 1. The number of fused-ring (bicyclic) bond motifs is 1. The van der Waals surface area contributed by atoms with Crippen LogP contribution < -0.4 is 16.0 Å². The van der Waals surface area contributed by atoms with Gasteiger partial charge < -0.3 is 10.6 Å². The number of carbonyl (C=O) groups is 5. The van der Waals surface area contributed by atoms with Crippen molar-refractivity contribution in [1.82, 2.24) is 15.5 Å². The molecule has 2 aliphatic heterocycles. The number of nitriles is 1. The maximum Gasteiger partial charge on any atom is 0.319 e. The zero-order valence-corrected chi connectivity index (χ0v) is 18.8. The highest BCUT2D eigenvalue weighted by molar-refractivity contribution is 6.23. The fraction of sp³-hybridized carbons (Fsp3) is 0.280. The molecule has 2 heterocycles. The number of anilines is 1. The van der Waals surface area contributed by atoms with Gasteiger partial charge in [0.15, 0.2) is 0 Å². The lowest BCUT2D eigenvalue weighted by atomic mass is 10.0. The second-order valence-electron chi connectivity index (χ2n) is 8.35. The second-order valence-corrected chi connectivity index (χ2v) is 8.35. The summed E-state index contributed by atoms with van der Waals surface area (Å²) in [5.74, 6) is -2.14. The molecule has 2 aromatic rings. The Morgan fingerprint density at radius 1 is 1.06 bits per heavy atom. The van der Waals surface area contributed by atoms with Crippen molar-refractivity contribution in [3.05, 3.63) is 64.7 Å². The molecule has 4 rings (SSSR count). The molecule has 0 saturated carbocycles. The van der Waals surface area contributed by atoms with Crippen molar-refractivity contribution in [3.63, 3.8) is 0 Å². The number of nitrogens with zero attached hydrogens (tertiary/aromatic N) is 2. The molecular weight excluding hydrogens is 450 g/mol. The van der Waals surface area contributed by atoms with Crippen LogP contribution in [0.4, 0.5) is 10.5 Å². The molecule has 0 aromatic heterocycles. The molecule has 0 aliphatic carbocycles. The standard InChI is InChI=1S/C25H23N5O5/c26-11-10-16-3-1-5-17(13-16)28-25(35)27-12-2-4-15-6-7-18-19(14-15)24(34)30(23(18)33)20-8-9-21(31)29-22(20)32/h1,3,5-7,13-14,20H,2,4,8-10,12H2,(H2,27,28,35)(H,29,31,32). The summed E-state index contributed by atoms with van der Waals surface area (Å²) in [6.45, 7) is 0.385. The zero-order valence-electron chi connectivity index (χ0n) is 18.8. The van der Waals surface area contributed by atoms with Crippen molar-refractivity contribution in [2.24, 2.45) is 0 Å². The Bertz CT molecular complexity index is 1270. The molecule has 35 heavy (non-hydrogen) atoms. The monoisotopic (exact) mass is 473 g/mol. The van der Waals surface area contributed by atoms with Crippen molar-refractivity contribution in [1.29, 1.82) is 5.26 Å². The first kappa shape index (κ1) is 23.6. The van der Waals surface area contributed by atoms with E-state index >= 15 is 0 Å². The van der Waals surface area contributed by atoms with Crippen LogP contribution in [0, 0.1) is 11.3 Å². The smallest absolute Gasteiger partial charge is 0.319 e.